The molecule has 4 heteroatoms. The van der Waals surface area contributed by atoms with E-state index in [2.05, 4.69) is 22.4 Å². The van der Waals surface area contributed by atoms with Crippen molar-refractivity contribution in [3.8, 4) is 0 Å². The Morgan fingerprint density at radius 2 is 2.00 bits per heavy atom. The molecule has 0 amide bonds. The zero-order valence-electron chi connectivity index (χ0n) is 12.9. The Morgan fingerprint density at radius 3 is 2.83 bits per heavy atom. The van der Waals surface area contributed by atoms with Crippen molar-refractivity contribution in [3.63, 3.8) is 0 Å². The molecule has 4 N–H and O–H groups in total. The van der Waals surface area contributed by atoms with Crippen LogP contribution in [0.25, 0.3) is 10.9 Å². The highest BCUT2D eigenvalue weighted by atomic mass is 19.1. The molecular weight excluding hydrogens is 289 g/mol. The predicted molar refractivity (Wildman–Crippen MR) is 91.6 cm³/mol. The molecule has 118 valence electrons. The molecule has 1 aliphatic rings. The van der Waals surface area contributed by atoms with Crippen LogP contribution < -0.4 is 11.1 Å². The lowest BCUT2D eigenvalue weighted by Gasteiger charge is -2.24. The van der Waals surface area contributed by atoms with Crippen LogP contribution in [0.15, 0.2) is 42.5 Å². The standard InChI is InChI=1S/C19H20FN3/c20-13-6-4-12(5-7-13)11-22-18-3-1-2-15-16-10-14(21)8-9-17(16)23-19(15)18/h4-10,18,22-23H,1-3,11,21H2. The van der Waals surface area contributed by atoms with Gasteiger partial charge in [-0.2, -0.15) is 0 Å². The highest BCUT2D eigenvalue weighted by Crippen LogP contribution is 2.35. The van der Waals surface area contributed by atoms with Crippen molar-refractivity contribution in [2.24, 2.45) is 0 Å². The van der Waals surface area contributed by atoms with Gasteiger partial charge in [0.25, 0.3) is 0 Å². The molecule has 2 aromatic carbocycles. The van der Waals surface area contributed by atoms with Crippen LogP contribution >= 0.6 is 0 Å². The van der Waals surface area contributed by atoms with E-state index in [9.17, 15) is 4.39 Å². The van der Waals surface area contributed by atoms with Gasteiger partial charge in [-0.25, -0.2) is 4.39 Å². The van der Waals surface area contributed by atoms with E-state index >= 15 is 0 Å². The summed E-state index contributed by atoms with van der Waals surface area (Å²) < 4.78 is 13.0. The monoisotopic (exact) mass is 309 g/mol. The number of H-pyrrole nitrogens is 1. The van der Waals surface area contributed by atoms with Crippen LogP contribution in [0.5, 0.6) is 0 Å². The third-order valence-electron chi connectivity index (χ3n) is 4.70. The fourth-order valence-corrected chi connectivity index (χ4v) is 3.53. The maximum absolute atomic E-state index is 13.0. The van der Waals surface area contributed by atoms with Crippen molar-refractivity contribution in [1.82, 2.24) is 10.3 Å². The number of nitrogens with one attached hydrogen (secondary N) is 2. The molecule has 3 nitrogen and oxygen atoms in total. The third kappa shape index (κ3) is 2.70. The minimum atomic E-state index is -0.193. The Kier molecular flexibility index (Phi) is 3.54. The lowest BCUT2D eigenvalue weighted by atomic mass is 9.91. The minimum absolute atomic E-state index is 0.193. The first kappa shape index (κ1) is 14.3. The number of nitrogens with two attached hydrogens (primary N) is 1. The van der Waals surface area contributed by atoms with Crippen LogP contribution in [0.1, 0.15) is 35.7 Å². The van der Waals surface area contributed by atoms with Crippen molar-refractivity contribution in [1.29, 1.82) is 0 Å². The minimum Gasteiger partial charge on any atom is -0.399 e. The Labute approximate surface area is 134 Å². The molecule has 23 heavy (non-hydrogen) atoms. The Hall–Kier alpha value is -2.33. The predicted octanol–water partition coefficient (Wildman–Crippen LogP) is 4.06. The summed E-state index contributed by atoms with van der Waals surface area (Å²) in [7, 11) is 0. The van der Waals surface area contributed by atoms with E-state index in [0.717, 1.165) is 42.6 Å². The van der Waals surface area contributed by atoms with E-state index in [-0.39, 0.29) is 5.82 Å². The van der Waals surface area contributed by atoms with Gasteiger partial charge in [0, 0.05) is 34.9 Å². The summed E-state index contributed by atoms with van der Waals surface area (Å²) in [5.74, 6) is -0.193. The molecule has 0 saturated heterocycles. The molecule has 0 fully saturated rings. The molecule has 1 atom stereocenters. The van der Waals surface area contributed by atoms with Crippen molar-refractivity contribution >= 4 is 16.6 Å². The van der Waals surface area contributed by atoms with Gasteiger partial charge < -0.3 is 16.0 Å². The normalized spacial score (nSPS) is 17.3. The number of nitrogen functional groups attached to an aromatic ring is 1. The molecule has 1 aliphatic carbocycles. The molecule has 3 aromatic rings. The maximum atomic E-state index is 13.0. The van der Waals surface area contributed by atoms with Crippen LogP contribution in [-0.2, 0) is 13.0 Å². The molecule has 1 heterocycles. The van der Waals surface area contributed by atoms with Gasteiger partial charge in [0.1, 0.15) is 5.82 Å². The third-order valence-corrected chi connectivity index (χ3v) is 4.70. The number of halogens is 1. The fourth-order valence-electron chi connectivity index (χ4n) is 3.53. The Balaban J connectivity index is 1.60. The molecule has 1 aromatic heterocycles. The average Bonchev–Trinajstić information content (AvgIpc) is 2.93. The quantitative estimate of drug-likeness (QED) is 0.639. The average molecular weight is 309 g/mol. The summed E-state index contributed by atoms with van der Waals surface area (Å²) in [6.07, 6.45) is 3.36. The topological polar surface area (TPSA) is 53.8 Å². The van der Waals surface area contributed by atoms with E-state index in [0.29, 0.717) is 6.04 Å². The van der Waals surface area contributed by atoms with E-state index < -0.39 is 0 Å². The van der Waals surface area contributed by atoms with Crippen LogP contribution in [0.4, 0.5) is 10.1 Å². The van der Waals surface area contributed by atoms with Gasteiger partial charge in [-0.15, -0.1) is 0 Å². The van der Waals surface area contributed by atoms with Crippen LogP contribution in [0, 0.1) is 5.82 Å². The second-order valence-corrected chi connectivity index (χ2v) is 6.27. The van der Waals surface area contributed by atoms with Gasteiger partial charge in [0.05, 0.1) is 0 Å². The van der Waals surface area contributed by atoms with Gasteiger partial charge in [0.2, 0.25) is 0 Å². The van der Waals surface area contributed by atoms with Crippen LogP contribution in [0.2, 0.25) is 0 Å². The van der Waals surface area contributed by atoms with Crippen LogP contribution in [-0.4, -0.2) is 4.98 Å². The smallest absolute Gasteiger partial charge is 0.123 e. The first-order valence-electron chi connectivity index (χ1n) is 8.08. The lowest BCUT2D eigenvalue weighted by Crippen LogP contribution is -2.24. The number of benzene rings is 2. The SMILES string of the molecule is Nc1ccc2[nH]c3c(c2c1)CCCC3NCc1ccc(F)cc1. The van der Waals surface area contributed by atoms with Gasteiger partial charge >= 0.3 is 0 Å². The van der Waals surface area contributed by atoms with Crippen LogP contribution in [0.3, 0.4) is 0 Å². The molecule has 0 saturated carbocycles. The Bertz CT molecular complexity index is 836. The zero-order chi connectivity index (χ0) is 15.8. The summed E-state index contributed by atoms with van der Waals surface area (Å²) in [4.78, 5) is 3.56. The van der Waals surface area contributed by atoms with Crippen molar-refractivity contribution in [3.05, 3.63) is 65.1 Å². The molecule has 0 bridgehead atoms. The van der Waals surface area contributed by atoms with Crippen molar-refractivity contribution < 1.29 is 4.39 Å². The van der Waals surface area contributed by atoms with Gasteiger partial charge in [-0.1, -0.05) is 12.1 Å². The van der Waals surface area contributed by atoms with E-state index in [1.54, 1.807) is 0 Å². The number of aromatic amines is 1. The highest BCUT2D eigenvalue weighted by molar-refractivity contribution is 5.87. The highest BCUT2D eigenvalue weighted by Gasteiger charge is 2.23. The van der Waals surface area contributed by atoms with Crippen molar-refractivity contribution in [2.75, 3.05) is 5.73 Å². The van der Waals surface area contributed by atoms with E-state index in [4.69, 9.17) is 5.73 Å². The van der Waals surface area contributed by atoms with Gasteiger partial charge in [-0.05, 0) is 60.7 Å². The fraction of sp³-hybridized carbons (Fsp3) is 0.263. The van der Waals surface area contributed by atoms with Gasteiger partial charge in [-0.3, -0.25) is 0 Å². The Morgan fingerprint density at radius 1 is 1.17 bits per heavy atom. The second-order valence-electron chi connectivity index (χ2n) is 6.27. The number of hydrogen-bond acceptors (Lipinski definition) is 2. The number of anilines is 1. The van der Waals surface area contributed by atoms with E-state index in [1.165, 1.54) is 28.8 Å². The first-order valence-corrected chi connectivity index (χ1v) is 8.08. The van der Waals surface area contributed by atoms with E-state index in [1.807, 2.05) is 18.2 Å². The largest absolute Gasteiger partial charge is 0.399 e. The molecule has 0 spiro atoms. The number of rotatable bonds is 3. The molecule has 4 rings (SSSR count). The molecule has 0 radical (unpaired) electrons. The number of fused-ring (bicyclic) bond motifs is 3. The first-order chi connectivity index (χ1) is 11.2. The summed E-state index contributed by atoms with van der Waals surface area (Å²) in [5.41, 5.74) is 11.7. The zero-order valence-corrected chi connectivity index (χ0v) is 12.9. The summed E-state index contributed by atoms with van der Waals surface area (Å²) in [5, 5.41) is 4.85. The van der Waals surface area contributed by atoms with Gasteiger partial charge in [0.15, 0.2) is 0 Å². The molecular formula is C19H20FN3. The maximum Gasteiger partial charge on any atom is 0.123 e. The number of aryl methyl sites for hydroxylation is 1. The van der Waals surface area contributed by atoms with Crippen molar-refractivity contribution in [2.45, 2.75) is 31.8 Å². The molecule has 0 aliphatic heterocycles. The number of hydrogen-bond donors (Lipinski definition) is 3. The summed E-state index contributed by atoms with van der Waals surface area (Å²) in [6, 6.07) is 13.0. The summed E-state index contributed by atoms with van der Waals surface area (Å²) >= 11 is 0. The lowest BCUT2D eigenvalue weighted by molar-refractivity contribution is 0.452. The second kappa shape index (κ2) is 5.70. The number of aromatic nitrogens is 1. The molecule has 1 unspecified atom stereocenters. The summed E-state index contributed by atoms with van der Waals surface area (Å²) in [6.45, 7) is 0.738.